The van der Waals surface area contributed by atoms with Crippen molar-refractivity contribution >= 4 is 29.4 Å². The fourth-order valence-electron chi connectivity index (χ4n) is 2.21. The van der Waals surface area contributed by atoms with Gasteiger partial charge in [-0.1, -0.05) is 18.2 Å². The second-order valence-electron chi connectivity index (χ2n) is 5.98. The normalized spacial score (nSPS) is 10.9. The third-order valence-corrected chi connectivity index (χ3v) is 3.72. The van der Waals surface area contributed by atoms with Crippen LogP contribution in [0.1, 0.15) is 19.8 Å². The summed E-state index contributed by atoms with van der Waals surface area (Å²) in [5, 5.41) is 13.7. The molecule has 0 radical (unpaired) electrons. The maximum absolute atomic E-state index is 12.5. The lowest BCUT2D eigenvalue weighted by Gasteiger charge is -2.24. The largest absolute Gasteiger partial charge is 0.361 e. The molecule has 11 nitrogen and oxygen atoms in total. The van der Waals surface area contributed by atoms with Crippen molar-refractivity contribution in [2.45, 2.75) is 25.8 Å². The van der Waals surface area contributed by atoms with Crippen LogP contribution in [0, 0.1) is 11.3 Å². The summed E-state index contributed by atoms with van der Waals surface area (Å²) in [6.45, 7) is 2.88. The van der Waals surface area contributed by atoms with Crippen molar-refractivity contribution in [2.24, 2.45) is 5.73 Å². The van der Waals surface area contributed by atoms with Gasteiger partial charge in [-0.25, -0.2) is 10.2 Å². The molecule has 0 aromatic heterocycles. The Hall–Kier alpha value is -3.65. The van der Waals surface area contributed by atoms with Gasteiger partial charge < -0.3 is 16.4 Å². The lowest BCUT2D eigenvalue weighted by molar-refractivity contribution is -0.138. The highest BCUT2D eigenvalue weighted by Crippen LogP contribution is 2.13. The number of hydrogen-bond acceptors (Lipinski definition) is 6. The molecule has 0 saturated heterocycles. The molecular weight excluding hydrogens is 378 g/mol. The highest BCUT2D eigenvalue weighted by Gasteiger charge is 2.20. The molecule has 0 saturated carbocycles. The summed E-state index contributed by atoms with van der Waals surface area (Å²) in [6, 6.07) is 9.25. The minimum atomic E-state index is -1.22. The fourth-order valence-corrected chi connectivity index (χ4v) is 2.21. The van der Waals surface area contributed by atoms with Gasteiger partial charge in [-0.05, 0) is 32.0 Å². The Balaban J connectivity index is 2.60. The fraction of sp³-hybridized carbons (Fsp3) is 0.389. The highest BCUT2D eigenvalue weighted by atomic mass is 16.2. The minimum Gasteiger partial charge on any atom is -0.361 e. The Bertz CT molecular complexity index is 748. The molecule has 5 amide bonds. The average molecular weight is 403 g/mol. The van der Waals surface area contributed by atoms with E-state index in [9.17, 15) is 19.2 Å². The van der Waals surface area contributed by atoms with Crippen LogP contribution in [0.5, 0.6) is 0 Å². The zero-order valence-corrected chi connectivity index (χ0v) is 16.1. The quantitative estimate of drug-likeness (QED) is 0.204. The van der Waals surface area contributed by atoms with Crippen LogP contribution in [0.25, 0.3) is 0 Å². The summed E-state index contributed by atoms with van der Waals surface area (Å²) < 4.78 is 0. The average Bonchev–Trinajstić information content (AvgIpc) is 2.71. The topological polar surface area (TPSA) is 169 Å². The standard InChI is InChI=1S/C18H25N7O4/c1-13(22-17(28)15(20)26)16(27)23-24-18(29)25(14-7-3-2-4-8-14)12-6-11-21-10-5-9-19/h2-4,7-8,13,21H,5-6,10-12H2,1H3,(H2,20,26)(H,22,28)(H,23,27)(H,24,29). The van der Waals surface area contributed by atoms with E-state index in [-0.39, 0.29) is 0 Å². The van der Waals surface area contributed by atoms with E-state index in [1.807, 2.05) is 12.1 Å². The van der Waals surface area contributed by atoms with Gasteiger partial charge >= 0.3 is 17.8 Å². The molecule has 1 unspecified atom stereocenters. The van der Waals surface area contributed by atoms with Crippen LogP contribution in [0.4, 0.5) is 10.5 Å². The Morgan fingerprint density at radius 2 is 1.83 bits per heavy atom. The number of benzene rings is 1. The van der Waals surface area contributed by atoms with Crippen LogP contribution in [0.15, 0.2) is 30.3 Å². The number of para-hydroxylation sites is 1. The molecule has 1 aromatic carbocycles. The summed E-state index contributed by atoms with van der Waals surface area (Å²) in [7, 11) is 0. The molecule has 0 heterocycles. The van der Waals surface area contributed by atoms with E-state index in [2.05, 4.69) is 21.5 Å². The van der Waals surface area contributed by atoms with Gasteiger partial charge in [0.25, 0.3) is 5.91 Å². The van der Waals surface area contributed by atoms with Crippen molar-refractivity contribution in [3.05, 3.63) is 30.3 Å². The first-order chi connectivity index (χ1) is 13.9. The van der Waals surface area contributed by atoms with Gasteiger partial charge in [-0.3, -0.25) is 24.7 Å². The summed E-state index contributed by atoms with van der Waals surface area (Å²) in [5.41, 5.74) is 9.92. The Labute approximate surface area is 168 Å². The lowest BCUT2D eigenvalue weighted by Crippen LogP contribution is -2.55. The molecule has 29 heavy (non-hydrogen) atoms. The zero-order valence-electron chi connectivity index (χ0n) is 16.1. The second-order valence-corrected chi connectivity index (χ2v) is 5.98. The molecular formula is C18H25N7O4. The number of hydrazine groups is 1. The number of hydrogen-bond donors (Lipinski definition) is 5. The number of anilines is 1. The van der Waals surface area contributed by atoms with Gasteiger partial charge in [0.2, 0.25) is 0 Å². The Kier molecular flexibility index (Phi) is 10.2. The summed E-state index contributed by atoms with van der Waals surface area (Å²) in [6.07, 6.45) is 1.02. The number of nitriles is 1. The van der Waals surface area contributed by atoms with E-state index >= 15 is 0 Å². The first-order valence-corrected chi connectivity index (χ1v) is 8.97. The molecule has 0 fully saturated rings. The number of nitrogens with zero attached hydrogens (tertiary/aromatic N) is 2. The number of urea groups is 1. The van der Waals surface area contributed by atoms with Gasteiger partial charge in [0.05, 0.1) is 6.07 Å². The van der Waals surface area contributed by atoms with E-state index in [0.717, 1.165) is 0 Å². The van der Waals surface area contributed by atoms with E-state index in [1.54, 1.807) is 24.3 Å². The van der Waals surface area contributed by atoms with E-state index in [1.165, 1.54) is 11.8 Å². The summed E-state index contributed by atoms with van der Waals surface area (Å²) in [4.78, 5) is 47.9. The van der Waals surface area contributed by atoms with Crippen LogP contribution in [0.2, 0.25) is 0 Å². The Morgan fingerprint density at radius 1 is 1.14 bits per heavy atom. The van der Waals surface area contributed by atoms with Crippen molar-refractivity contribution < 1.29 is 19.2 Å². The van der Waals surface area contributed by atoms with Gasteiger partial charge in [-0.15, -0.1) is 0 Å². The van der Waals surface area contributed by atoms with E-state index < -0.39 is 29.8 Å². The van der Waals surface area contributed by atoms with Crippen LogP contribution in [0.3, 0.4) is 0 Å². The second kappa shape index (κ2) is 12.7. The number of nitrogens with two attached hydrogens (primary N) is 1. The molecule has 1 aromatic rings. The highest BCUT2D eigenvalue weighted by molar-refractivity contribution is 6.34. The molecule has 156 valence electrons. The monoisotopic (exact) mass is 403 g/mol. The van der Waals surface area contributed by atoms with Crippen LogP contribution in [-0.2, 0) is 14.4 Å². The maximum atomic E-state index is 12.5. The summed E-state index contributed by atoms with van der Waals surface area (Å²) >= 11 is 0. The number of carbonyl (C=O) groups excluding carboxylic acids is 4. The zero-order chi connectivity index (χ0) is 21.6. The predicted molar refractivity (Wildman–Crippen MR) is 105 cm³/mol. The van der Waals surface area contributed by atoms with Crippen molar-refractivity contribution in [2.75, 3.05) is 24.5 Å². The molecule has 0 aliphatic heterocycles. The third kappa shape index (κ3) is 8.72. The van der Waals surface area contributed by atoms with Crippen LogP contribution >= 0.6 is 0 Å². The van der Waals surface area contributed by atoms with Crippen molar-refractivity contribution in [3.63, 3.8) is 0 Å². The lowest BCUT2D eigenvalue weighted by atomic mass is 10.2. The van der Waals surface area contributed by atoms with Crippen molar-refractivity contribution in [3.8, 4) is 6.07 Å². The van der Waals surface area contributed by atoms with E-state index in [0.29, 0.717) is 38.2 Å². The van der Waals surface area contributed by atoms with Gasteiger partial charge in [-0.2, -0.15) is 5.26 Å². The number of primary amides is 1. The predicted octanol–water partition coefficient (Wildman–Crippen LogP) is -0.883. The molecule has 1 atom stereocenters. The SMILES string of the molecule is CC(NC(=O)C(N)=O)C(=O)NNC(=O)N(CCCNCCC#N)c1ccccc1. The van der Waals surface area contributed by atoms with Gasteiger partial charge in [0.15, 0.2) is 0 Å². The number of carbonyl (C=O) groups is 4. The first kappa shape index (κ1) is 23.4. The van der Waals surface area contributed by atoms with Gasteiger partial charge in [0, 0.05) is 25.2 Å². The smallest absolute Gasteiger partial charge is 0.340 e. The minimum absolute atomic E-state index is 0.360. The van der Waals surface area contributed by atoms with Crippen LogP contribution < -0.4 is 32.1 Å². The first-order valence-electron chi connectivity index (χ1n) is 8.97. The molecule has 6 N–H and O–H groups in total. The molecule has 0 spiro atoms. The van der Waals surface area contributed by atoms with Crippen molar-refractivity contribution in [1.29, 1.82) is 5.26 Å². The molecule has 0 aliphatic rings. The maximum Gasteiger partial charge on any atom is 0.340 e. The van der Waals surface area contributed by atoms with Gasteiger partial charge in [0.1, 0.15) is 6.04 Å². The van der Waals surface area contributed by atoms with E-state index in [4.69, 9.17) is 11.0 Å². The third-order valence-electron chi connectivity index (χ3n) is 3.72. The van der Waals surface area contributed by atoms with Crippen molar-refractivity contribution in [1.82, 2.24) is 21.5 Å². The molecule has 1 rings (SSSR count). The number of rotatable bonds is 9. The summed E-state index contributed by atoms with van der Waals surface area (Å²) in [5.74, 6) is -3.04. The number of nitrogens with one attached hydrogen (secondary N) is 4. The molecule has 11 heteroatoms. The van der Waals surface area contributed by atoms with Crippen LogP contribution in [-0.4, -0.2) is 49.4 Å². The number of amides is 5. The molecule has 0 aliphatic carbocycles. The Morgan fingerprint density at radius 3 is 2.45 bits per heavy atom. The molecule has 0 bridgehead atoms.